The molecule has 5 heterocycles. The third-order valence-corrected chi connectivity index (χ3v) is 9.50. The van der Waals surface area contributed by atoms with Gasteiger partial charge in [-0.3, -0.25) is 14.7 Å². The van der Waals surface area contributed by atoms with Crippen molar-refractivity contribution in [1.29, 1.82) is 0 Å². The molecule has 2 aromatic carbocycles. The fourth-order valence-electron chi connectivity index (χ4n) is 6.95. The Balaban J connectivity index is 0.905. The van der Waals surface area contributed by atoms with Gasteiger partial charge in [0.2, 0.25) is 0 Å². The first kappa shape index (κ1) is 27.4. The van der Waals surface area contributed by atoms with Crippen molar-refractivity contribution in [2.45, 2.75) is 56.7 Å². The number of ether oxygens (including phenoxy) is 2. The largest absolute Gasteiger partial charge is 0.456 e. The summed E-state index contributed by atoms with van der Waals surface area (Å²) in [7, 11) is 0. The molecule has 2 saturated heterocycles. The van der Waals surface area contributed by atoms with Gasteiger partial charge in [0.25, 0.3) is 5.56 Å². The number of likely N-dealkylation sites (tertiary alicyclic amines) is 1. The molecule has 44 heavy (non-hydrogen) atoms. The molecule has 1 atom stereocenters. The van der Waals surface area contributed by atoms with Crippen molar-refractivity contribution in [2.24, 2.45) is 0 Å². The molecule has 1 aliphatic carbocycles. The minimum atomic E-state index is -0.176. The number of aromatic amines is 1. The van der Waals surface area contributed by atoms with E-state index in [1.54, 1.807) is 6.20 Å². The second kappa shape index (κ2) is 11.7. The van der Waals surface area contributed by atoms with E-state index >= 15 is 0 Å². The fraction of sp³-hybridized carbons (Fsp3) is 0.389. The minimum absolute atomic E-state index is 0.0740. The quantitative estimate of drug-likeness (QED) is 0.241. The van der Waals surface area contributed by atoms with E-state index in [4.69, 9.17) is 14.5 Å². The number of benzene rings is 2. The van der Waals surface area contributed by atoms with Gasteiger partial charge in [-0.05, 0) is 73.7 Å². The Kier molecular flexibility index (Phi) is 7.32. The average Bonchev–Trinajstić information content (AvgIpc) is 3.91. The van der Waals surface area contributed by atoms with E-state index < -0.39 is 0 Å². The summed E-state index contributed by atoms with van der Waals surface area (Å²) < 4.78 is 12.8. The first-order valence-corrected chi connectivity index (χ1v) is 16.1. The van der Waals surface area contributed by atoms with Crippen molar-refractivity contribution in [1.82, 2.24) is 14.9 Å². The monoisotopic (exact) mass is 589 g/mol. The highest BCUT2D eigenvalue weighted by Crippen LogP contribution is 2.43. The number of nitrogens with zero attached hydrogens (tertiary/aromatic N) is 3. The molecule has 226 valence electrons. The van der Waals surface area contributed by atoms with E-state index in [0.717, 1.165) is 67.2 Å². The summed E-state index contributed by atoms with van der Waals surface area (Å²) >= 11 is 0. The number of nitrogens with one attached hydrogen (secondary N) is 2. The summed E-state index contributed by atoms with van der Waals surface area (Å²) in [5, 5.41) is 3.81. The number of hydrogen-bond acceptors (Lipinski definition) is 7. The zero-order valence-electron chi connectivity index (χ0n) is 25.0. The maximum Gasteiger partial charge on any atom is 0.271 e. The molecule has 1 unspecified atom stereocenters. The number of rotatable bonds is 7. The van der Waals surface area contributed by atoms with Crippen LogP contribution >= 0.6 is 0 Å². The minimum Gasteiger partial charge on any atom is -0.456 e. The Hall–Kier alpha value is -4.14. The number of para-hydroxylation sites is 1. The summed E-state index contributed by atoms with van der Waals surface area (Å²) in [6, 6.07) is 23.6. The maximum absolute atomic E-state index is 12.4. The lowest BCUT2D eigenvalue weighted by Crippen LogP contribution is -2.41. The summed E-state index contributed by atoms with van der Waals surface area (Å²) in [5.41, 5.74) is 7.64. The molecule has 8 heteroatoms. The lowest BCUT2D eigenvalue weighted by molar-refractivity contribution is 0.0383. The van der Waals surface area contributed by atoms with Crippen molar-refractivity contribution in [3.05, 3.63) is 111 Å². The number of piperidine rings is 1. The van der Waals surface area contributed by atoms with Gasteiger partial charge in [0.05, 0.1) is 12.3 Å². The summed E-state index contributed by atoms with van der Waals surface area (Å²) in [5.74, 6) is 2.49. The van der Waals surface area contributed by atoms with Crippen LogP contribution < -0.4 is 20.5 Å². The molecule has 3 aliphatic heterocycles. The SMILES string of the molecule is O=c1[nH]cccc1N1CCOC(c2cccc3c2Oc2ccc(NC4CCN(Cc5cccc(C6CC6)n5)CC4)cc2C3)C1. The van der Waals surface area contributed by atoms with Crippen LogP contribution in [0.5, 0.6) is 11.5 Å². The second-order valence-electron chi connectivity index (χ2n) is 12.6. The van der Waals surface area contributed by atoms with Crippen LogP contribution in [0.2, 0.25) is 0 Å². The number of hydrogen-bond donors (Lipinski definition) is 2. The standard InChI is InChI=1S/C36H39N5O3/c42-36-32(8-3-15-37-36)41-18-19-43-34(23-41)30-6-1-4-25-20-26-21-28(11-12-33(26)44-35(25)30)38-27-13-16-40(17-14-27)22-29-5-2-7-31(39-29)24-9-10-24/h1-8,11-12,15,21,24,27,34,38H,9-10,13-14,16-20,22-23H2,(H,37,42). The number of aromatic nitrogens is 2. The second-order valence-corrected chi connectivity index (χ2v) is 12.6. The Morgan fingerprint density at radius 1 is 0.932 bits per heavy atom. The van der Waals surface area contributed by atoms with Gasteiger partial charge in [-0.2, -0.15) is 0 Å². The van der Waals surface area contributed by atoms with Gasteiger partial charge in [-0.15, -0.1) is 0 Å². The highest BCUT2D eigenvalue weighted by atomic mass is 16.5. The Morgan fingerprint density at radius 2 is 1.82 bits per heavy atom. The molecular formula is C36H39N5O3. The lowest BCUT2D eigenvalue weighted by Gasteiger charge is -2.35. The molecule has 2 N–H and O–H groups in total. The molecule has 8 rings (SSSR count). The summed E-state index contributed by atoms with van der Waals surface area (Å²) in [6.45, 7) is 4.94. The van der Waals surface area contributed by atoms with E-state index in [2.05, 4.69) is 74.7 Å². The van der Waals surface area contributed by atoms with Gasteiger partial charge in [-0.1, -0.05) is 24.3 Å². The van der Waals surface area contributed by atoms with Gasteiger partial charge in [-0.25, -0.2) is 0 Å². The molecule has 4 aliphatic rings. The van der Waals surface area contributed by atoms with Crippen LogP contribution in [0.25, 0.3) is 0 Å². The summed E-state index contributed by atoms with van der Waals surface area (Å²) in [4.78, 5) is 24.8. The van der Waals surface area contributed by atoms with Crippen LogP contribution in [0.4, 0.5) is 11.4 Å². The van der Waals surface area contributed by atoms with Gasteiger partial charge in [0.1, 0.15) is 23.3 Å². The topological polar surface area (TPSA) is 82.7 Å². The smallest absolute Gasteiger partial charge is 0.271 e. The molecule has 1 saturated carbocycles. The molecule has 0 bridgehead atoms. The molecular weight excluding hydrogens is 550 g/mol. The van der Waals surface area contributed by atoms with Gasteiger partial charge in [0, 0.05) is 79.8 Å². The molecule has 0 amide bonds. The first-order chi connectivity index (χ1) is 21.7. The van der Waals surface area contributed by atoms with Gasteiger partial charge in [0.15, 0.2) is 0 Å². The third-order valence-electron chi connectivity index (χ3n) is 9.50. The van der Waals surface area contributed by atoms with Crippen molar-refractivity contribution in [3.63, 3.8) is 0 Å². The lowest BCUT2D eigenvalue weighted by atomic mass is 9.95. The molecule has 2 aromatic heterocycles. The normalized spacial score (nSPS) is 20.5. The van der Waals surface area contributed by atoms with E-state index in [1.807, 2.05) is 12.1 Å². The Labute approximate surface area is 258 Å². The number of fused-ring (bicyclic) bond motifs is 2. The molecule has 4 aromatic rings. The van der Waals surface area contributed by atoms with E-state index in [9.17, 15) is 4.79 Å². The third kappa shape index (κ3) is 5.72. The predicted molar refractivity (Wildman–Crippen MR) is 172 cm³/mol. The van der Waals surface area contributed by atoms with Crippen molar-refractivity contribution in [2.75, 3.05) is 43.0 Å². The molecule has 0 radical (unpaired) electrons. The zero-order chi connectivity index (χ0) is 29.5. The molecule has 8 nitrogen and oxygen atoms in total. The fourth-order valence-corrected chi connectivity index (χ4v) is 6.95. The zero-order valence-corrected chi connectivity index (χ0v) is 25.0. The number of H-pyrrole nitrogens is 1. The van der Waals surface area contributed by atoms with E-state index in [0.29, 0.717) is 37.3 Å². The van der Waals surface area contributed by atoms with Crippen LogP contribution in [0.15, 0.2) is 77.7 Å². The number of pyridine rings is 2. The Bertz CT molecular complexity index is 1710. The van der Waals surface area contributed by atoms with E-state index in [1.165, 1.54) is 29.8 Å². The van der Waals surface area contributed by atoms with Crippen molar-refractivity contribution >= 4 is 11.4 Å². The average molecular weight is 590 g/mol. The van der Waals surface area contributed by atoms with Crippen LogP contribution in [0, 0.1) is 0 Å². The Morgan fingerprint density at radius 3 is 2.68 bits per heavy atom. The van der Waals surface area contributed by atoms with Crippen LogP contribution in [-0.2, 0) is 17.7 Å². The number of anilines is 2. The maximum atomic E-state index is 12.4. The van der Waals surface area contributed by atoms with Crippen LogP contribution in [-0.4, -0.2) is 53.7 Å². The number of morpholine rings is 1. The predicted octanol–water partition coefficient (Wildman–Crippen LogP) is 6.00. The van der Waals surface area contributed by atoms with Crippen molar-refractivity contribution < 1.29 is 9.47 Å². The van der Waals surface area contributed by atoms with Crippen LogP contribution in [0.3, 0.4) is 0 Å². The molecule has 0 spiro atoms. The highest BCUT2D eigenvalue weighted by molar-refractivity contribution is 5.59. The molecule has 3 fully saturated rings. The van der Waals surface area contributed by atoms with Crippen LogP contribution in [0.1, 0.15) is 65.8 Å². The summed E-state index contributed by atoms with van der Waals surface area (Å²) in [6.07, 6.45) is 7.14. The highest BCUT2D eigenvalue weighted by Gasteiger charge is 2.30. The van der Waals surface area contributed by atoms with Gasteiger partial charge < -0.3 is 24.7 Å². The van der Waals surface area contributed by atoms with E-state index in [-0.39, 0.29) is 11.7 Å². The van der Waals surface area contributed by atoms with Crippen molar-refractivity contribution in [3.8, 4) is 11.5 Å². The first-order valence-electron chi connectivity index (χ1n) is 16.1. The van der Waals surface area contributed by atoms with Gasteiger partial charge >= 0.3 is 0 Å².